The Kier molecular flexibility index (Phi) is 6.16. The predicted molar refractivity (Wildman–Crippen MR) is 108 cm³/mol. The Labute approximate surface area is 170 Å². The first-order valence-electron chi connectivity index (χ1n) is 8.65. The number of carbonyl (C=O) groups excluding carboxylic acids is 1. The minimum Gasteiger partial charge on any atom is -0.383 e. The van der Waals surface area contributed by atoms with Gasteiger partial charge < -0.3 is 11.1 Å². The third kappa shape index (κ3) is 4.09. The Bertz CT molecular complexity index is 1050. The van der Waals surface area contributed by atoms with Gasteiger partial charge in [0.1, 0.15) is 34.1 Å². The van der Waals surface area contributed by atoms with E-state index in [4.69, 9.17) is 11.0 Å². The van der Waals surface area contributed by atoms with Crippen molar-refractivity contribution in [3.05, 3.63) is 33.2 Å². The number of nitrogens with two attached hydrogens (primary N) is 1. The first kappa shape index (κ1) is 19.7. The van der Waals surface area contributed by atoms with Crippen molar-refractivity contribution < 1.29 is 4.79 Å². The lowest BCUT2D eigenvalue weighted by molar-refractivity contribution is -0.113. The number of fused-ring (bicyclic) bond motifs is 1. The van der Waals surface area contributed by atoms with Crippen molar-refractivity contribution in [3.63, 3.8) is 0 Å². The second-order valence-corrected chi connectivity index (χ2v) is 8.28. The van der Waals surface area contributed by atoms with Crippen molar-refractivity contribution in [2.75, 3.05) is 16.8 Å². The molecule has 0 atom stereocenters. The SMILES string of the molecule is N#Cc1cc(C#N)c(SCC(=O)Nc2sc3c(c2C#N)CCCCC3)nc1N. The molecule has 1 aliphatic carbocycles. The molecule has 7 nitrogen and oxygen atoms in total. The second-order valence-electron chi connectivity index (χ2n) is 6.21. The smallest absolute Gasteiger partial charge is 0.235 e. The summed E-state index contributed by atoms with van der Waals surface area (Å²) in [7, 11) is 0. The van der Waals surface area contributed by atoms with Gasteiger partial charge in [0.05, 0.1) is 22.4 Å². The average Bonchev–Trinajstić information content (AvgIpc) is 2.85. The molecule has 140 valence electrons. The van der Waals surface area contributed by atoms with E-state index >= 15 is 0 Å². The van der Waals surface area contributed by atoms with E-state index in [0.29, 0.717) is 15.6 Å². The summed E-state index contributed by atoms with van der Waals surface area (Å²) in [6.07, 6.45) is 5.14. The van der Waals surface area contributed by atoms with Gasteiger partial charge in [-0.2, -0.15) is 15.8 Å². The average molecular weight is 409 g/mol. The molecule has 0 radical (unpaired) electrons. The number of pyridine rings is 1. The number of thioether (sulfide) groups is 1. The predicted octanol–water partition coefficient (Wildman–Crippen LogP) is 3.34. The van der Waals surface area contributed by atoms with Gasteiger partial charge in [-0.15, -0.1) is 11.3 Å². The highest BCUT2D eigenvalue weighted by molar-refractivity contribution is 8.00. The van der Waals surface area contributed by atoms with Crippen LogP contribution in [0.25, 0.3) is 0 Å². The molecule has 1 aliphatic rings. The summed E-state index contributed by atoms with van der Waals surface area (Å²) in [4.78, 5) is 17.7. The zero-order valence-electron chi connectivity index (χ0n) is 14.9. The first-order chi connectivity index (χ1) is 13.6. The van der Waals surface area contributed by atoms with Gasteiger partial charge in [0.2, 0.25) is 5.91 Å². The summed E-state index contributed by atoms with van der Waals surface area (Å²) in [5.41, 5.74) is 7.67. The molecular formula is C19H16N6OS2. The van der Waals surface area contributed by atoms with Crippen LogP contribution in [0, 0.1) is 34.0 Å². The molecule has 2 heterocycles. The number of nitrogens with zero attached hydrogens (tertiary/aromatic N) is 4. The van der Waals surface area contributed by atoms with Gasteiger partial charge in [0, 0.05) is 4.88 Å². The molecule has 9 heteroatoms. The monoisotopic (exact) mass is 408 g/mol. The molecule has 0 fully saturated rings. The van der Waals surface area contributed by atoms with Gasteiger partial charge in [0.25, 0.3) is 0 Å². The standard InChI is InChI=1S/C19H16N6OS2/c20-7-11-6-12(8-21)18(25-17(11)23)27-10-16(26)24-19-14(9-22)13-4-2-1-3-5-15(13)28-19/h6H,1-5,10H2,(H2,23,25)(H,24,26). The zero-order valence-corrected chi connectivity index (χ0v) is 16.5. The molecule has 2 aromatic heterocycles. The van der Waals surface area contributed by atoms with E-state index in [0.717, 1.165) is 49.4 Å². The molecule has 2 aromatic rings. The second kappa shape index (κ2) is 8.75. The van der Waals surface area contributed by atoms with Gasteiger partial charge in [0.15, 0.2) is 0 Å². The third-order valence-corrected chi connectivity index (χ3v) is 6.58. The minimum absolute atomic E-state index is 0.0143. The highest BCUT2D eigenvalue weighted by Crippen LogP contribution is 2.37. The number of nitrogen functional groups attached to an aromatic ring is 1. The van der Waals surface area contributed by atoms with Crippen LogP contribution in [-0.2, 0) is 17.6 Å². The minimum atomic E-state index is -0.286. The fourth-order valence-electron chi connectivity index (χ4n) is 3.04. The Morgan fingerprint density at radius 3 is 2.64 bits per heavy atom. The van der Waals surface area contributed by atoms with Crippen LogP contribution in [0.5, 0.6) is 0 Å². The van der Waals surface area contributed by atoms with E-state index in [2.05, 4.69) is 16.4 Å². The largest absolute Gasteiger partial charge is 0.383 e. The Morgan fingerprint density at radius 1 is 1.18 bits per heavy atom. The molecule has 0 bridgehead atoms. The summed E-state index contributed by atoms with van der Waals surface area (Å²) in [6.45, 7) is 0. The molecule has 0 aromatic carbocycles. The van der Waals surface area contributed by atoms with Crippen molar-refractivity contribution >= 4 is 39.8 Å². The number of thiophene rings is 1. The number of nitrogens with one attached hydrogen (secondary N) is 1. The zero-order chi connectivity index (χ0) is 20.1. The lowest BCUT2D eigenvalue weighted by Crippen LogP contribution is -2.14. The number of aromatic nitrogens is 1. The maximum absolute atomic E-state index is 12.4. The van der Waals surface area contributed by atoms with Crippen LogP contribution in [0.2, 0.25) is 0 Å². The lowest BCUT2D eigenvalue weighted by Gasteiger charge is -2.06. The van der Waals surface area contributed by atoms with E-state index < -0.39 is 0 Å². The number of aryl methyl sites for hydroxylation is 1. The first-order valence-corrected chi connectivity index (χ1v) is 10.5. The molecule has 28 heavy (non-hydrogen) atoms. The highest BCUT2D eigenvalue weighted by atomic mass is 32.2. The van der Waals surface area contributed by atoms with E-state index in [1.807, 2.05) is 12.1 Å². The van der Waals surface area contributed by atoms with Crippen molar-refractivity contribution in [1.29, 1.82) is 15.8 Å². The van der Waals surface area contributed by atoms with E-state index in [1.54, 1.807) is 0 Å². The highest BCUT2D eigenvalue weighted by Gasteiger charge is 2.21. The van der Waals surface area contributed by atoms with Crippen molar-refractivity contribution in [3.8, 4) is 18.2 Å². The van der Waals surface area contributed by atoms with Crippen LogP contribution in [0.3, 0.4) is 0 Å². The van der Waals surface area contributed by atoms with E-state index in [-0.39, 0.29) is 28.6 Å². The summed E-state index contributed by atoms with van der Waals surface area (Å²) >= 11 is 2.55. The van der Waals surface area contributed by atoms with Crippen LogP contribution in [0.1, 0.15) is 46.4 Å². The number of amides is 1. The Morgan fingerprint density at radius 2 is 1.93 bits per heavy atom. The van der Waals surface area contributed by atoms with E-state index in [9.17, 15) is 15.3 Å². The number of carbonyl (C=O) groups is 1. The van der Waals surface area contributed by atoms with Crippen LogP contribution in [0.15, 0.2) is 11.1 Å². The Balaban J connectivity index is 1.73. The number of anilines is 2. The summed E-state index contributed by atoms with van der Waals surface area (Å²) in [6, 6.07) is 7.45. The maximum Gasteiger partial charge on any atom is 0.235 e. The molecule has 0 saturated heterocycles. The van der Waals surface area contributed by atoms with Gasteiger partial charge >= 0.3 is 0 Å². The number of hydrogen-bond donors (Lipinski definition) is 2. The normalized spacial score (nSPS) is 12.8. The quantitative estimate of drug-likeness (QED) is 0.584. The van der Waals surface area contributed by atoms with Crippen molar-refractivity contribution in [2.24, 2.45) is 0 Å². The molecular weight excluding hydrogens is 392 g/mol. The molecule has 0 saturated carbocycles. The number of rotatable bonds is 4. The number of hydrogen-bond acceptors (Lipinski definition) is 8. The molecule has 0 aliphatic heterocycles. The van der Waals surface area contributed by atoms with E-state index in [1.165, 1.54) is 22.3 Å². The van der Waals surface area contributed by atoms with Gasteiger partial charge in [-0.05, 0) is 37.3 Å². The van der Waals surface area contributed by atoms with Crippen molar-refractivity contribution in [2.45, 2.75) is 37.1 Å². The van der Waals surface area contributed by atoms with Crippen LogP contribution >= 0.6 is 23.1 Å². The molecule has 1 amide bonds. The Hall–Kier alpha value is -3.06. The fourth-order valence-corrected chi connectivity index (χ4v) is 5.05. The van der Waals surface area contributed by atoms with Gasteiger partial charge in [-0.25, -0.2) is 4.98 Å². The lowest BCUT2D eigenvalue weighted by atomic mass is 10.1. The molecule has 3 N–H and O–H groups in total. The van der Waals surface area contributed by atoms with Gasteiger partial charge in [-0.1, -0.05) is 18.2 Å². The third-order valence-electron chi connectivity index (χ3n) is 4.38. The van der Waals surface area contributed by atoms with Gasteiger partial charge in [-0.3, -0.25) is 4.79 Å². The molecule has 0 unspecified atom stereocenters. The number of nitriles is 3. The maximum atomic E-state index is 12.4. The van der Waals surface area contributed by atoms with Crippen LogP contribution < -0.4 is 11.1 Å². The summed E-state index contributed by atoms with van der Waals surface area (Å²) in [5.74, 6) is -0.245. The molecule has 3 rings (SSSR count). The summed E-state index contributed by atoms with van der Waals surface area (Å²) < 4.78 is 0. The van der Waals surface area contributed by atoms with Crippen molar-refractivity contribution in [1.82, 2.24) is 4.98 Å². The van der Waals surface area contributed by atoms with Crippen LogP contribution in [-0.4, -0.2) is 16.6 Å². The fraction of sp³-hybridized carbons (Fsp3) is 0.316. The molecule has 0 spiro atoms. The van der Waals surface area contributed by atoms with Crippen LogP contribution in [0.4, 0.5) is 10.8 Å². The summed E-state index contributed by atoms with van der Waals surface area (Å²) in [5, 5.41) is 31.5. The topological polar surface area (TPSA) is 139 Å².